The summed E-state index contributed by atoms with van der Waals surface area (Å²) in [7, 11) is -1.99. The van der Waals surface area contributed by atoms with E-state index in [1.54, 1.807) is 29.9 Å². The van der Waals surface area contributed by atoms with Crippen molar-refractivity contribution in [3.05, 3.63) is 57.7 Å². The predicted molar refractivity (Wildman–Crippen MR) is 108 cm³/mol. The molecule has 0 radical (unpaired) electrons. The quantitative estimate of drug-likeness (QED) is 0.584. The molecule has 0 bridgehead atoms. The predicted octanol–water partition coefficient (Wildman–Crippen LogP) is 3.00. The van der Waals surface area contributed by atoms with Crippen LogP contribution in [0.1, 0.15) is 18.9 Å². The van der Waals surface area contributed by atoms with Gasteiger partial charge in [-0.1, -0.05) is 23.5 Å². The van der Waals surface area contributed by atoms with Gasteiger partial charge in [-0.2, -0.15) is 0 Å². The number of nitrogens with one attached hydrogen (secondary N) is 1. The maximum absolute atomic E-state index is 12.5. The van der Waals surface area contributed by atoms with Gasteiger partial charge in [-0.25, -0.2) is 13.1 Å². The molecule has 0 aliphatic heterocycles. The maximum atomic E-state index is 12.5. The third kappa shape index (κ3) is 4.40. The lowest BCUT2D eigenvalue weighted by molar-refractivity contribution is 0.414. The molecule has 0 amide bonds. The van der Waals surface area contributed by atoms with Gasteiger partial charge in [0, 0.05) is 13.1 Å². The molecular weight excluding hydrogens is 384 g/mol. The van der Waals surface area contributed by atoms with Crippen LogP contribution >= 0.6 is 11.3 Å². The third-order valence-corrected chi connectivity index (χ3v) is 6.74. The molecule has 0 fully saturated rings. The molecule has 1 heterocycles. The van der Waals surface area contributed by atoms with Gasteiger partial charge in [-0.05, 0) is 55.7 Å². The number of fused-ring (bicyclic) bond motifs is 1. The van der Waals surface area contributed by atoms with Crippen molar-refractivity contribution < 1.29 is 13.2 Å². The van der Waals surface area contributed by atoms with E-state index in [1.807, 2.05) is 31.2 Å². The summed E-state index contributed by atoms with van der Waals surface area (Å²) in [5.41, 5.74) is 1.87. The van der Waals surface area contributed by atoms with Crippen molar-refractivity contribution in [2.24, 2.45) is 0 Å². The summed E-state index contributed by atoms with van der Waals surface area (Å²) in [6.07, 6.45) is 1.42. The van der Waals surface area contributed by atoms with Crippen molar-refractivity contribution >= 4 is 31.6 Å². The fourth-order valence-corrected chi connectivity index (χ4v) is 5.09. The Bertz CT molecular complexity index is 1100. The maximum Gasteiger partial charge on any atom is 0.308 e. The van der Waals surface area contributed by atoms with Gasteiger partial charge in [-0.15, -0.1) is 0 Å². The number of methoxy groups -OCH3 is 1. The Morgan fingerprint density at radius 3 is 2.74 bits per heavy atom. The number of nitrogens with zero attached hydrogens (tertiary/aromatic N) is 1. The number of sulfonamides is 1. The second-order valence-corrected chi connectivity index (χ2v) is 8.85. The van der Waals surface area contributed by atoms with E-state index >= 15 is 0 Å². The zero-order chi connectivity index (χ0) is 19.4. The Kier molecular flexibility index (Phi) is 5.98. The normalized spacial score (nSPS) is 11.8. The second-order valence-electron chi connectivity index (χ2n) is 6.09. The minimum atomic E-state index is -3.61. The van der Waals surface area contributed by atoms with Crippen LogP contribution in [-0.4, -0.2) is 26.6 Å². The number of aryl methyl sites for hydroxylation is 2. The van der Waals surface area contributed by atoms with Crippen molar-refractivity contribution in [3.63, 3.8) is 0 Å². The second kappa shape index (κ2) is 8.24. The molecule has 3 rings (SSSR count). The van der Waals surface area contributed by atoms with Gasteiger partial charge < -0.3 is 4.74 Å². The Morgan fingerprint density at radius 2 is 2.00 bits per heavy atom. The van der Waals surface area contributed by atoms with E-state index in [0.29, 0.717) is 24.2 Å². The van der Waals surface area contributed by atoms with E-state index in [4.69, 9.17) is 4.74 Å². The number of hydrogen-bond donors (Lipinski definition) is 1. The molecule has 3 aromatic rings. The van der Waals surface area contributed by atoms with E-state index in [2.05, 4.69) is 4.72 Å². The molecule has 0 saturated carbocycles. The highest BCUT2D eigenvalue weighted by Crippen LogP contribution is 2.21. The zero-order valence-electron chi connectivity index (χ0n) is 15.3. The van der Waals surface area contributed by atoms with Crippen LogP contribution in [-0.2, 0) is 23.0 Å². The van der Waals surface area contributed by atoms with Crippen molar-refractivity contribution in [2.45, 2.75) is 31.2 Å². The Hall–Kier alpha value is -2.16. The van der Waals surface area contributed by atoms with E-state index in [1.165, 1.54) is 0 Å². The zero-order valence-corrected chi connectivity index (χ0v) is 16.9. The van der Waals surface area contributed by atoms with E-state index in [0.717, 1.165) is 34.6 Å². The highest BCUT2D eigenvalue weighted by molar-refractivity contribution is 7.89. The van der Waals surface area contributed by atoms with Crippen molar-refractivity contribution in [2.75, 3.05) is 13.7 Å². The fourth-order valence-electron chi connectivity index (χ4n) is 2.92. The first-order chi connectivity index (χ1) is 12.9. The number of ether oxygens (including phenoxy) is 1. The number of aromatic nitrogens is 1. The van der Waals surface area contributed by atoms with Gasteiger partial charge in [0.05, 0.1) is 22.2 Å². The van der Waals surface area contributed by atoms with Gasteiger partial charge in [0.1, 0.15) is 5.75 Å². The highest BCUT2D eigenvalue weighted by Gasteiger charge is 2.16. The molecule has 0 spiro atoms. The summed E-state index contributed by atoms with van der Waals surface area (Å²) in [4.78, 5) is 12.0. The molecule has 1 aromatic heterocycles. The summed E-state index contributed by atoms with van der Waals surface area (Å²) >= 11 is 1.07. The van der Waals surface area contributed by atoms with Crippen LogP contribution in [0.3, 0.4) is 0 Å². The van der Waals surface area contributed by atoms with Crippen molar-refractivity contribution in [1.82, 2.24) is 9.29 Å². The Labute approximate surface area is 162 Å². The first-order valence-electron chi connectivity index (χ1n) is 8.70. The first-order valence-corrected chi connectivity index (χ1v) is 11.0. The van der Waals surface area contributed by atoms with Crippen LogP contribution in [0.5, 0.6) is 5.75 Å². The summed E-state index contributed by atoms with van der Waals surface area (Å²) in [5, 5.41) is 0. The smallest absolute Gasteiger partial charge is 0.308 e. The number of rotatable bonds is 8. The van der Waals surface area contributed by atoms with E-state index in [9.17, 15) is 13.2 Å². The molecule has 0 aliphatic carbocycles. The summed E-state index contributed by atoms with van der Waals surface area (Å²) in [6, 6.07) is 12.5. The van der Waals surface area contributed by atoms with Crippen LogP contribution in [0.2, 0.25) is 0 Å². The molecule has 27 heavy (non-hydrogen) atoms. The van der Waals surface area contributed by atoms with Crippen molar-refractivity contribution in [1.29, 1.82) is 0 Å². The number of hydrogen-bond acceptors (Lipinski definition) is 5. The molecule has 1 N–H and O–H groups in total. The van der Waals surface area contributed by atoms with Gasteiger partial charge in [0.25, 0.3) is 0 Å². The minimum absolute atomic E-state index is 0.0757. The third-order valence-electron chi connectivity index (χ3n) is 4.33. The van der Waals surface area contributed by atoms with Gasteiger partial charge in [-0.3, -0.25) is 9.36 Å². The van der Waals surface area contributed by atoms with Crippen LogP contribution in [0.4, 0.5) is 0 Å². The average Bonchev–Trinajstić information content (AvgIpc) is 2.99. The first kappa shape index (κ1) is 19.6. The van der Waals surface area contributed by atoms with E-state index in [-0.39, 0.29) is 9.77 Å². The molecule has 0 unspecified atom stereocenters. The fraction of sp³-hybridized carbons (Fsp3) is 0.316. The van der Waals surface area contributed by atoms with Crippen LogP contribution in [0.15, 0.2) is 52.2 Å². The van der Waals surface area contributed by atoms with Gasteiger partial charge >= 0.3 is 4.87 Å². The highest BCUT2D eigenvalue weighted by atomic mass is 32.2. The largest absolute Gasteiger partial charge is 0.497 e. The SMILES string of the molecule is CCn1c(=O)sc2cc(S(=O)(=O)NCCCc3cccc(OC)c3)ccc21. The van der Waals surface area contributed by atoms with Crippen LogP contribution in [0, 0.1) is 0 Å². The minimum Gasteiger partial charge on any atom is -0.497 e. The monoisotopic (exact) mass is 406 g/mol. The number of thiazole rings is 1. The van der Waals surface area contributed by atoms with Crippen LogP contribution < -0.4 is 14.3 Å². The molecule has 0 aliphatic rings. The van der Waals surface area contributed by atoms with Gasteiger partial charge in [0.15, 0.2) is 0 Å². The lowest BCUT2D eigenvalue weighted by atomic mass is 10.1. The van der Waals surface area contributed by atoms with Gasteiger partial charge in [0.2, 0.25) is 10.0 Å². The van der Waals surface area contributed by atoms with Crippen molar-refractivity contribution in [3.8, 4) is 5.75 Å². The molecule has 2 aromatic carbocycles. The summed E-state index contributed by atoms with van der Waals surface area (Å²) in [6.45, 7) is 2.79. The Morgan fingerprint density at radius 1 is 1.19 bits per heavy atom. The lowest BCUT2D eigenvalue weighted by Gasteiger charge is -2.08. The lowest BCUT2D eigenvalue weighted by Crippen LogP contribution is -2.25. The number of benzene rings is 2. The summed E-state index contributed by atoms with van der Waals surface area (Å²) in [5.74, 6) is 0.791. The molecule has 144 valence electrons. The molecular formula is C19H22N2O4S2. The van der Waals surface area contributed by atoms with Crippen LogP contribution in [0.25, 0.3) is 10.2 Å². The topological polar surface area (TPSA) is 77.4 Å². The standard InChI is InChI=1S/C19H22N2O4S2/c1-3-21-17-10-9-16(13-18(17)26-19(21)22)27(23,24)20-11-5-7-14-6-4-8-15(12-14)25-2/h4,6,8-10,12-13,20H,3,5,7,11H2,1-2H3. The molecule has 0 saturated heterocycles. The van der Waals surface area contributed by atoms with E-state index < -0.39 is 10.0 Å². The Balaban J connectivity index is 1.66. The molecule has 8 heteroatoms. The molecule has 6 nitrogen and oxygen atoms in total. The molecule has 0 atom stereocenters. The summed E-state index contributed by atoms with van der Waals surface area (Å²) < 4.78 is 35.2. The average molecular weight is 407 g/mol.